The summed E-state index contributed by atoms with van der Waals surface area (Å²) in [7, 11) is 0. The van der Waals surface area contributed by atoms with E-state index in [2.05, 4.69) is 27.6 Å². The molecule has 0 aliphatic rings. The van der Waals surface area contributed by atoms with Crippen LogP contribution in [0.3, 0.4) is 0 Å². The van der Waals surface area contributed by atoms with Gasteiger partial charge in [-0.3, -0.25) is 4.79 Å². The second-order valence-electron chi connectivity index (χ2n) is 3.40. The van der Waals surface area contributed by atoms with Gasteiger partial charge in [0.25, 0.3) is 6.47 Å². The van der Waals surface area contributed by atoms with Gasteiger partial charge in [-0.25, -0.2) is 0 Å². The van der Waals surface area contributed by atoms with E-state index >= 15 is 0 Å². The first-order valence-electron chi connectivity index (χ1n) is 4.52. The lowest BCUT2D eigenvalue weighted by atomic mass is 10.2. The Kier molecular flexibility index (Phi) is 2.68. The first-order chi connectivity index (χ1) is 7.13. The van der Waals surface area contributed by atoms with Crippen molar-refractivity contribution < 1.29 is 9.53 Å². The quantitative estimate of drug-likeness (QED) is 0.537. The number of fused-ring (bicyclic) bond motifs is 1. The lowest BCUT2D eigenvalue weighted by molar-refractivity contribution is -0.134. The molecule has 1 heterocycles. The zero-order chi connectivity index (χ0) is 10.9. The highest BCUT2D eigenvalue weighted by Crippen LogP contribution is 2.33. The Hall–Kier alpha value is -1.04. The number of carbonyl (C=O) groups is 1. The van der Waals surface area contributed by atoms with Crippen LogP contribution in [-0.4, -0.2) is 11.5 Å². The lowest BCUT2D eigenvalue weighted by Gasteiger charge is -2.18. The molecule has 0 saturated heterocycles. The molecule has 0 saturated carbocycles. The van der Waals surface area contributed by atoms with E-state index in [1.54, 1.807) is 0 Å². The molecule has 0 amide bonds. The van der Waals surface area contributed by atoms with Crippen LogP contribution in [0.1, 0.15) is 12.6 Å². The third-order valence-electron chi connectivity index (χ3n) is 2.28. The normalized spacial score (nSPS) is 14.8. The summed E-state index contributed by atoms with van der Waals surface area (Å²) >= 11 is 2.09. The van der Waals surface area contributed by atoms with Gasteiger partial charge in [-0.2, -0.15) is 0 Å². The van der Waals surface area contributed by atoms with Gasteiger partial charge in [0.05, 0.1) is 5.69 Å². The average molecular weight is 315 g/mol. The summed E-state index contributed by atoms with van der Waals surface area (Å²) in [6, 6.07) is 9.94. The molecule has 0 radical (unpaired) electrons. The van der Waals surface area contributed by atoms with E-state index in [4.69, 9.17) is 4.74 Å². The van der Waals surface area contributed by atoms with Crippen LogP contribution < -0.4 is 0 Å². The number of para-hydroxylation sites is 1. The number of aromatic amines is 1. The highest BCUT2D eigenvalue weighted by Gasteiger charge is 2.25. The summed E-state index contributed by atoms with van der Waals surface area (Å²) in [4.78, 5) is 13.6. The van der Waals surface area contributed by atoms with Crippen LogP contribution in [0.25, 0.3) is 10.9 Å². The second-order valence-corrected chi connectivity index (χ2v) is 5.46. The van der Waals surface area contributed by atoms with E-state index in [1.807, 2.05) is 37.3 Å². The molecule has 1 aromatic carbocycles. The molecule has 1 N–H and O–H groups in total. The molecule has 0 aliphatic heterocycles. The fourth-order valence-electron chi connectivity index (χ4n) is 1.47. The molecule has 2 rings (SSSR count). The molecular weight excluding hydrogens is 305 g/mol. The van der Waals surface area contributed by atoms with Gasteiger partial charge >= 0.3 is 0 Å². The summed E-state index contributed by atoms with van der Waals surface area (Å²) in [5.74, 6) is 0. The number of hydrogen-bond donors (Lipinski definition) is 1. The summed E-state index contributed by atoms with van der Waals surface area (Å²) in [5.41, 5.74) is 1.93. The fourth-order valence-corrected chi connectivity index (χ4v) is 1.86. The summed E-state index contributed by atoms with van der Waals surface area (Å²) in [6.07, 6.45) is 0. The number of carbonyl (C=O) groups excluding carboxylic acids is 1. The Labute approximate surface area is 101 Å². The van der Waals surface area contributed by atoms with Gasteiger partial charge in [-0.1, -0.05) is 18.2 Å². The molecule has 1 aromatic heterocycles. The van der Waals surface area contributed by atoms with Crippen molar-refractivity contribution in [1.82, 2.24) is 4.98 Å². The Morgan fingerprint density at radius 1 is 1.47 bits per heavy atom. The van der Waals surface area contributed by atoms with Crippen LogP contribution in [0.4, 0.5) is 0 Å². The van der Waals surface area contributed by atoms with E-state index in [-0.39, 0.29) is 0 Å². The molecule has 1 atom stereocenters. The molecule has 0 aliphatic carbocycles. The first-order valence-corrected chi connectivity index (χ1v) is 5.60. The number of halogens is 1. The highest BCUT2D eigenvalue weighted by atomic mass is 127. The van der Waals surface area contributed by atoms with Crippen LogP contribution in [0.5, 0.6) is 0 Å². The number of H-pyrrole nitrogens is 1. The van der Waals surface area contributed by atoms with Crippen molar-refractivity contribution in [2.24, 2.45) is 0 Å². The molecule has 15 heavy (non-hydrogen) atoms. The molecule has 3 nitrogen and oxygen atoms in total. The molecule has 4 heteroatoms. The zero-order valence-corrected chi connectivity index (χ0v) is 10.3. The number of hydrogen-bond acceptors (Lipinski definition) is 2. The monoisotopic (exact) mass is 315 g/mol. The maximum absolute atomic E-state index is 10.4. The van der Waals surface area contributed by atoms with Crippen LogP contribution in [-0.2, 0) is 13.1 Å². The van der Waals surface area contributed by atoms with Crippen LogP contribution >= 0.6 is 22.6 Å². The van der Waals surface area contributed by atoms with Crippen LogP contribution in [0, 0.1) is 0 Å². The molecule has 1 unspecified atom stereocenters. The Balaban J connectivity index is 2.48. The van der Waals surface area contributed by atoms with E-state index in [9.17, 15) is 4.79 Å². The topological polar surface area (TPSA) is 42.1 Å². The van der Waals surface area contributed by atoms with Gasteiger partial charge in [0, 0.05) is 5.52 Å². The zero-order valence-electron chi connectivity index (χ0n) is 8.16. The lowest BCUT2D eigenvalue weighted by Crippen LogP contribution is -2.16. The van der Waals surface area contributed by atoms with Gasteiger partial charge in [-0.05, 0) is 47.0 Å². The number of aromatic nitrogens is 1. The van der Waals surface area contributed by atoms with Crippen molar-refractivity contribution in [3.05, 3.63) is 36.0 Å². The summed E-state index contributed by atoms with van der Waals surface area (Å²) in [6.45, 7) is 2.31. The van der Waals surface area contributed by atoms with Gasteiger partial charge < -0.3 is 9.72 Å². The van der Waals surface area contributed by atoms with Crippen molar-refractivity contribution in [1.29, 1.82) is 0 Å². The number of nitrogens with one attached hydrogen (secondary N) is 1. The SMILES string of the molecule is CC(I)(OC=O)c1cc2ccccc2[nH]1. The number of alkyl halides is 1. The first kappa shape index (κ1) is 10.5. The van der Waals surface area contributed by atoms with E-state index in [0.29, 0.717) is 6.47 Å². The predicted octanol–water partition coefficient (Wildman–Crippen LogP) is 2.95. The maximum atomic E-state index is 10.4. The minimum Gasteiger partial charge on any atom is -0.444 e. The minimum absolute atomic E-state index is 0.470. The van der Waals surface area contributed by atoms with Crippen molar-refractivity contribution in [2.45, 2.75) is 10.5 Å². The Morgan fingerprint density at radius 3 is 2.87 bits per heavy atom. The van der Waals surface area contributed by atoms with Gasteiger partial charge in [0.2, 0.25) is 0 Å². The largest absolute Gasteiger partial charge is 0.444 e. The smallest absolute Gasteiger partial charge is 0.294 e. The second kappa shape index (κ2) is 3.84. The van der Waals surface area contributed by atoms with E-state index < -0.39 is 3.61 Å². The minimum atomic E-state index is -0.640. The van der Waals surface area contributed by atoms with Gasteiger partial charge in [0.15, 0.2) is 3.61 Å². The third kappa shape index (κ3) is 1.99. The maximum Gasteiger partial charge on any atom is 0.294 e. The van der Waals surface area contributed by atoms with Crippen molar-refractivity contribution >= 4 is 40.0 Å². The molecular formula is C11H10INO2. The summed E-state index contributed by atoms with van der Waals surface area (Å²) < 4.78 is 4.38. The number of ether oxygens (including phenoxy) is 1. The fraction of sp³-hybridized carbons (Fsp3) is 0.182. The number of benzene rings is 1. The van der Waals surface area contributed by atoms with Gasteiger partial charge in [0.1, 0.15) is 0 Å². The predicted molar refractivity (Wildman–Crippen MR) is 66.8 cm³/mol. The van der Waals surface area contributed by atoms with Gasteiger partial charge in [-0.15, -0.1) is 0 Å². The molecule has 0 spiro atoms. The molecule has 0 fully saturated rings. The Bertz CT molecular complexity index is 457. The van der Waals surface area contributed by atoms with Crippen molar-refractivity contribution in [3.63, 3.8) is 0 Å². The van der Waals surface area contributed by atoms with Crippen LogP contribution in [0.2, 0.25) is 0 Å². The highest BCUT2D eigenvalue weighted by molar-refractivity contribution is 14.1. The van der Waals surface area contributed by atoms with E-state index in [0.717, 1.165) is 16.6 Å². The Morgan fingerprint density at radius 2 is 2.20 bits per heavy atom. The molecule has 0 bridgehead atoms. The van der Waals surface area contributed by atoms with Crippen molar-refractivity contribution in [3.8, 4) is 0 Å². The third-order valence-corrected chi connectivity index (χ3v) is 3.12. The van der Waals surface area contributed by atoms with Crippen LogP contribution in [0.15, 0.2) is 30.3 Å². The molecule has 2 aromatic rings. The van der Waals surface area contributed by atoms with E-state index in [1.165, 1.54) is 0 Å². The molecule has 78 valence electrons. The standard InChI is InChI=1S/C11H10INO2/c1-11(12,15-7-14)10-6-8-4-2-3-5-9(8)13-10/h2-7,13H,1H3. The van der Waals surface area contributed by atoms with Crippen molar-refractivity contribution in [2.75, 3.05) is 0 Å². The average Bonchev–Trinajstić information content (AvgIpc) is 2.61. The number of rotatable bonds is 3. The summed E-state index contributed by atoms with van der Waals surface area (Å²) in [5, 5.41) is 1.12.